The Balaban J connectivity index is 1.80. The lowest BCUT2D eigenvalue weighted by atomic mass is 10.1. The average molecular weight is 255 g/mol. The molecule has 1 atom stereocenters. The second-order valence-corrected chi connectivity index (χ2v) is 4.90. The van der Waals surface area contributed by atoms with Crippen molar-refractivity contribution in [3.63, 3.8) is 0 Å². The average Bonchev–Trinajstić information content (AvgIpc) is 2.87. The van der Waals surface area contributed by atoms with Gasteiger partial charge in [0.05, 0.1) is 13.2 Å². The van der Waals surface area contributed by atoms with Gasteiger partial charge in [0.25, 0.3) is 0 Å². The van der Waals surface area contributed by atoms with E-state index in [1.165, 1.54) is 13.5 Å². The molecule has 2 heterocycles. The number of hydrogen-bond acceptors (Lipinski definition) is 3. The van der Waals surface area contributed by atoms with Crippen LogP contribution < -0.4 is 5.32 Å². The third-order valence-electron chi connectivity index (χ3n) is 3.59. The van der Waals surface area contributed by atoms with E-state index < -0.39 is 6.09 Å². The number of nitrogens with zero attached hydrogens (tertiary/aromatic N) is 2. The molecule has 0 aromatic rings. The number of carbonyl (C=O) groups excluding carboxylic acids is 2. The van der Waals surface area contributed by atoms with Crippen molar-refractivity contribution >= 4 is 12.1 Å². The maximum atomic E-state index is 12.2. The molecular formula is C12H21N3O3. The van der Waals surface area contributed by atoms with E-state index in [1.807, 2.05) is 9.80 Å². The van der Waals surface area contributed by atoms with Gasteiger partial charge in [-0.3, -0.25) is 0 Å². The van der Waals surface area contributed by atoms with Crippen molar-refractivity contribution in [1.82, 2.24) is 15.1 Å². The van der Waals surface area contributed by atoms with Crippen LogP contribution in [0.15, 0.2) is 0 Å². The van der Waals surface area contributed by atoms with Crippen LogP contribution in [0.1, 0.15) is 25.7 Å². The summed E-state index contributed by atoms with van der Waals surface area (Å²) < 4.78 is 4.56. The van der Waals surface area contributed by atoms with E-state index in [2.05, 4.69) is 10.1 Å². The van der Waals surface area contributed by atoms with Gasteiger partial charge in [0.15, 0.2) is 0 Å². The second-order valence-electron chi connectivity index (χ2n) is 4.90. The number of rotatable bonds is 1. The monoisotopic (exact) mass is 255 g/mol. The van der Waals surface area contributed by atoms with Gasteiger partial charge < -0.3 is 19.9 Å². The Morgan fingerprint density at radius 2 is 1.83 bits per heavy atom. The highest BCUT2D eigenvalue weighted by atomic mass is 16.5. The molecule has 0 aliphatic carbocycles. The number of hydrogen-bond donors (Lipinski definition) is 1. The Morgan fingerprint density at radius 3 is 2.50 bits per heavy atom. The number of carbonyl (C=O) groups is 2. The van der Waals surface area contributed by atoms with Crippen molar-refractivity contribution in [2.45, 2.75) is 31.7 Å². The predicted molar refractivity (Wildman–Crippen MR) is 66.3 cm³/mol. The minimum Gasteiger partial charge on any atom is -0.453 e. The van der Waals surface area contributed by atoms with Crippen LogP contribution in [0.2, 0.25) is 0 Å². The molecular weight excluding hydrogens is 234 g/mol. The number of alkyl carbamates (subject to hydrolysis) is 1. The summed E-state index contributed by atoms with van der Waals surface area (Å²) >= 11 is 0. The number of amides is 3. The fourth-order valence-electron chi connectivity index (χ4n) is 2.56. The van der Waals surface area contributed by atoms with Gasteiger partial charge in [-0.1, -0.05) is 0 Å². The van der Waals surface area contributed by atoms with Gasteiger partial charge in [0, 0.05) is 26.2 Å². The third kappa shape index (κ3) is 3.05. The van der Waals surface area contributed by atoms with E-state index in [-0.39, 0.29) is 12.1 Å². The predicted octanol–water partition coefficient (Wildman–Crippen LogP) is 1.02. The van der Waals surface area contributed by atoms with Crippen LogP contribution >= 0.6 is 0 Å². The zero-order valence-corrected chi connectivity index (χ0v) is 10.9. The summed E-state index contributed by atoms with van der Waals surface area (Å²) in [6, 6.07) is 0.134. The van der Waals surface area contributed by atoms with Crippen molar-refractivity contribution in [1.29, 1.82) is 0 Å². The topological polar surface area (TPSA) is 61.9 Å². The van der Waals surface area contributed by atoms with Crippen molar-refractivity contribution < 1.29 is 14.3 Å². The lowest BCUT2D eigenvalue weighted by molar-refractivity contribution is 0.149. The number of piperidine rings is 1. The van der Waals surface area contributed by atoms with Crippen LogP contribution in [0.5, 0.6) is 0 Å². The summed E-state index contributed by atoms with van der Waals surface area (Å²) in [5.41, 5.74) is 0. The standard InChI is InChI=1S/C12H21N3O3/c1-18-11(16)13-10-5-8-15(9-10)12(17)14-6-3-2-4-7-14/h10H,2-9H2,1H3,(H,13,16). The summed E-state index contributed by atoms with van der Waals surface area (Å²) in [5, 5.41) is 2.74. The highest BCUT2D eigenvalue weighted by molar-refractivity contribution is 5.75. The minimum absolute atomic E-state index is 0.0196. The Labute approximate surface area is 107 Å². The second kappa shape index (κ2) is 5.93. The van der Waals surface area contributed by atoms with Crippen LogP contribution in [-0.2, 0) is 4.74 Å². The van der Waals surface area contributed by atoms with Crippen LogP contribution in [0.25, 0.3) is 0 Å². The molecule has 2 fully saturated rings. The molecule has 0 saturated carbocycles. The lowest BCUT2D eigenvalue weighted by Gasteiger charge is -2.31. The first kappa shape index (κ1) is 13.0. The molecule has 0 spiro atoms. The summed E-state index contributed by atoms with van der Waals surface area (Å²) in [6.07, 6.45) is 3.80. The summed E-state index contributed by atoms with van der Waals surface area (Å²) in [7, 11) is 1.35. The smallest absolute Gasteiger partial charge is 0.407 e. The third-order valence-corrected chi connectivity index (χ3v) is 3.59. The van der Waals surface area contributed by atoms with Gasteiger partial charge >= 0.3 is 12.1 Å². The normalized spacial score (nSPS) is 23.9. The molecule has 0 bridgehead atoms. The molecule has 0 aromatic heterocycles. The first-order chi connectivity index (χ1) is 8.70. The van der Waals surface area contributed by atoms with E-state index in [0.29, 0.717) is 13.1 Å². The van der Waals surface area contributed by atoms with E-state index in [1.54, 1.807) is 0 Å². The van der Waals surface area contributed by atoms with E-state index in [0.717, 1.165) is 32.4 Å². The Morgan fingerprint density at radius 1 is 1.11 bits per heavy atom. The molecule has 1 unspecified atom stereocenters. The fraction of sp³-hybridized carbons (Fsp3) is 0.833. The lowest BCUT2D eigenvalue weighted by Crippen LogP contribution is -2.46. The molecule has 6 heteroatoms. The van der Waals surface area contributed by atoms with Gasteiger partial charge in [0.2, 0.25) is 0 Å². The van der Waals surface area contributed by atoms with E-state index >= 15 is 0 Å². The van der Waals surface area contributed by atoms with Gasteiger partial charge in [-0.25, -0.2) is 9.59 Å². The minimum atomic E-state index is -0.424. The Bertz CT molecular complexity index is 316. The van der Waals surface area contributed by atoms with Gasteiger partial charge in [-0.15, -0.1) is 0 Å². The zero-order chi connectivity index (χ0) is 13.0. The first-order valence-electron chi connectivity index (χ1n) is 6.59. The van der Waals surface area contributed by atoms with Crippen molar-refractivity contribution in [2.75, 3.05) is 33.3 Å². The number of likely N-dealkylation sites (tertiary alicyclic amines) is 2. The number of nitrogens with one attached hydrogen (secondary N) is 1. The molecule has 0 aromatic carbocycles. The van der Waals surface area contributed by atoms with Gasteiger partial charge in [-0.05, 0) is 25.7 Å². The molecule has 2 aliphatic heterocycles. The molecule has 1 N–H and O–H groups in total. The fourth-order valence-corrected chi connectivity index (χ4v) is 2.56. The highest BCUT2D eigenvalue weighted by Gasteiger charge is 2.30. The number of methoxy groups -OCH3 is 1. The van der Waals surface area contributed by atoms with Crippen LogP contribution in [0, 0.1) is 0 Å². The van der Waals surface area contributed by atoms with Gasteiger partial charge in [-0.2, -0.15) is 0 Å². The largest absolute Gasteiger partial charge is 0.453 e. The molecule has 3 amide bonds. The van der Waals surface area contributed by atoms with Crippen LogP contribution in [0.3, 0.4) is 0 Å². The van der Waals surface area contributed by atoms with E-state index in [4.69, 9.17) is 0 Å². The highest BCUT2D eigenvalue weighted by Crippen LogP contribution is 2.15. The first-order valence-corrected chi connectivity index (χ1v) is 6.59. The maximum Gasteiger partial charge on any atom is 0.407 e. The zero-order valence-electron chi connectivity index (χ0n) is 10.9. The van der Waals surface area contributed by atoms with Gasteiger partial charge in [0.1, 0.15) is 0 Å². The summed E-state index contributed by atoms with van der Waals surface area (Å²) in [4.78, 5) is 27.1. The summed E-state index contributed by atoms with van der Waals surface area (Å²) in [6.45, 7) is 3.03. The SMILES string of the molecule is COC(=O)NC1CCN(C(=O)N2CCCCC2)C1. The molecule has 2 rings (SSSR count). The molecule has 102 valence electrons. The summed E-state index contributed by atoms with van der Waals surface area (Å²) in [5.74, 6) is 0. The molecule has 0 radical (unpaired) electrons. The molecule has 18 heavy (non-hydrogen) atoms. The quantitative estimate of drug-likeness (QED) is 0.761. The van der Waals surface area contributed by atoms with Crippen LogP contribution in [-0.4, -0.2) is 61.3 Å². The van der Waals surface area contributed by atoms with Crippen molar-refractivity contribution in [3.8, 4) is 0 Å². The number of urea groups is 1. The number of ether oxygens (including phenoxy) is 1. The maximum absolute atomic E-state index is 12.2. The van der Waals surface area contributed by atoms with E-state index in [9.17, 15) is 9.59 Å². The Kier molecular flexibility index (Phi) is 4.28. The molecule has 2 aliphatic rings. The molecule has 2 saturated heterocycles. The van der Waals surface area contributed by atoms with Crippen LogP contribution in [0.4, 0.5) is 9.59 Å². The Hall–Kier alpha value is -1.46. The van der Waals surface area contributed by atoms with Crippen molar-refractivity contribution in [2.24, 2.45) is 0 Å². The molecule has 6 nitrogen and oxygen atoms in total. The van der Waals surface area contributed by atoms with Crippen molar-refractivity contribution in [3.05, 3.63) is 0 Å².